The van der Waals surface area contributed by atoms with Crippen LogP contribution >= 0.6 is 0 Å². The maximum Gasteiger partial charge on any atom is 0.127 e. The van der Waals surface area contributed by atoms with Crippen LogP contribution in [0.1, 0.15) is 35.9 Å². The van der Waals surface area contributed by atoms with Crippen LogP contribution in [0.15, 0.2) is 67.0 Å². The second kappa shape index (κ2) is 9.77. The molecule has 1 radical (unpaired) electrons. The molecule has 1 aromatic heterocycles. The molecule has 1 heterocycles. The van der Waals surface area contributed by atoms with Gasteiger partial charge in [-0.05, 0) is 41.0 Å². The van der Waals surface area contributed by atoms with Crippen molar-refractivity contribution in [3.05, 3.63) is 78.1 Å². The van der Waals surface area contributed by atoms with Gasteiger partial charge in [0.05, 0.1) is 24.2 Å². The van der Waals surface area contributed by atoms with Gasteiger partial charge in [-0.25, -0.2) is 4.98 Å². The molecule has 1 saturated carbocycles. The van der Waals surface area contributed by atoms with E-state index in [1.807, 2.05) is 12.4 Å². The zero-order valence-corrected chi connectivity index (χ0v) is 19.5. The van der Waals surface area contributed by atoms with Crippen LogP contribution in [0, 0.1) is 0 Å². The van der Waals surface area contributed by atoms with E-state index in [9.17, 15) is 5.11 Å². The Morgan fingerprint density at radius 3 is 2.32 bits per heavy atom. The SMILES string of the molecule is COC1CC(c2ccc(-c3ccc(/C=C/[C@@H](CO)n4ccnc4[Si](C)C)cc3)cc2)C1. The summed E-state index contributed by atoms with van der Waals surface area (Å²) >= 11 is 0. The molecule has 1 aliphatic rings. The Bertz CT molecular complexity index is 1000. The van der Waals surface area contributed by atoms with Crippen molar-refractivity contribution in [1.82, 2.24) is 9.55 Å². The number of aliphatic hydroxyl groups excluding tert-OH is 1. The molecular weight excluding hydrogens is 400 g/mol. The molecule has 1 fully saturated rings. The molecule has 0 unspecified atom stereocenters. The van der Waals surface area contributed by atoms with Gasteiger partial charge in [0, 0.05) is 19.5 Å². The number of methoxy groups -OCH3 is 1. The van der Waals surface area contributed by atoms with Crippen LogP contribution < -0.4 is 5.45 Å². The summed E-state index contributed by atoms with van der Waals surface area (Å²) in [6.07, 6.45) is 10.6. The largest absolute Gasteiger partial charge is 0.394 e. The van der Waals surface area contributed by atoms with Crippen LogP contribution in [0.3, 0.4) is 0 Å². The highest BCUT2D eigenvalue weighted by Gasteiger charge is 2.29. The normalized spacial score (nSPS) is 19.6. The molecule has 0 spiro atoms. The first-order valence-corrected chi connectivity index (χ1v) is 13.4. The Morgan fingerprint density at radius 2 is 1.74 bits per heavy atom. The van der Waals surface area contributed by atoms with E-state index in [0.29, 0.717) is 12.0 Å². The number of aliphatic hydroxyl groups is 1. The third kappa shape index (κ3) is 4.90. The van der Waals surface area contributed by atoms with E-state index in [4.69, 9.17) is 4.74 Å². The van der Waals surface area contributed by atoms with Crippen molar-refractivity contribution in [3.8, 4) is 11.1 Å². The van der Waals surface area contributed by atoms with Crippen molar-refractivity contribution >= 4 is 20.3 Å². The molecule has 0 aliphatic heterocycles. The molecule has 0 saturated heterocycles. The molecule has 1 atom stereocenters. The highest BCUT2D eigenvalue weighted by atomic mass is 28.3. The van der Waals surface area contributed by atoms with Crippen LogP contribution in [0.4, 0.5) is 0 Å². The summed E-state index contributed by atoms with van der Waals surface area (Å²) in [5, 5.41) is 9.89. The maximum atomic E-state index is 9.89. The fourth-order valence-electron chi connectivity index (χ4n) is 4.20. The standard InChI is InChI=1S/C26H31N2O2Si/c1-30-25-16-23(17-25)22-11-9-21(10-12-22)20-7-4-19(5-8-20)6-13-24(18-29)28-15-14-27-26(28)31(2)3/h4-15,23-25,29H,16-18H2,1-3H3/b13-6+/t23?,24-,25?/m0/s1. The van der Waals surface area contributed by atoms with Gasteiger partial charge < -0.3 is 14.4 Å². The molecular formula is C26H31N2O2Si. The van der Waals surface area contributed by atoms with Crippen molar-refractivity contribution < 1.29 is 9.84 Å². The summed E-state index contributed by atoms with van der Waals surface area (Å²) in [5.74, 6) is 0.639. The molecule has 4 nitrogen and oxygen atoms in total. The lowest BCUT2D eigenvalue weighted by Gasteiger charge is -2.34. The van der Waals surface area contributed by atoms with Crippen LogP contribution in [0.2, 0.25) is 13.1 Å². The summed E-state index contributed by atoms with van der Waals surface area (Å²) in [7, 11) is 1.12. The van der Waals surface area contributed by atoms with Crippen LogP contribution in [0.5, 0.6) is 0 Å². The van der Waals surface area contributed by atoms with E-state index < -0.39 is 8.80 Å². The van der Waals surface area contributed by atoms with Crippen molar-refractivity contribution in [1.29, 1.82) is 0 Å². The van der Waals surface area contributed by atoms with Crippen LogP contribution in [0.25, 0.3) is 17.2 Å². The fourth-order valence-corrected chi connectivity index (χ4v) is 5.29. The van der Waals surface area contributed by atoms with Gasteiger partial charge in [-0.3, -0.25) is 0 Å². The molecule has 0 bridgehead atoms. The minimum atomic E-state index is -0.681. The topological polar surface area (TPSA) is 47.3 Å². The average molecular weight is 432 g/mol. The minimum absolute atomic E-state index is 0.0611. The first-order chi connectivity index (χ1) is 15.1. The Morgan fingerprint density at radius 1 is 1.10 bits per heavy atom. The van der Waals surface area contributed by atoms with Gasteiger partial charge >= 0.3 is 0 Å². The Kier molecular flexibility index (Phi) is 6.85. The van der Waals surface area contributed by atoms with E-state index in [1.54, 1.807) is 7.11 Å². The van der Waals surface area contributed by atoms with Crippen molar-refractivity contribution in [2.75, 3.05) is 13.7 Å². The van der Waals surface area contributed by atoms with Gasteiger partial charge in [0.25, 0.3) is 0 Å². The quantitative estimate of drug-likeness (QED) is 0.528. The van der Waals surface area contributed by atoms with Crippen molar-refractivity contribution in [2.45, 2.75) is 44.0 Å². The summed E-state index contributed by atoms with van der Waals surface area (Å²) in [4.78, 5) is 4.48. The van der Waals surface area contributed by atoms with Gasteiger partial charge in [-0.2, -0.15) is 0 Å². The molecule has 5 heteroatoms. The second-order valence-corrected chi connectivity index (χ2v) is 11.0. The average Bonchev–Trinajstić information content (AvgIpc) is 3.25. The lowest BCUT2D eigenvalue weighted by Crippen LogP contribution is -2.35. The summed E-state index contributed by atoms with van der Waals surface area (Å²) in [6, 6.07) is 17.4. The van der Waals surface area contributed by atoms with Gasteiger partial charge in [0.2, 0.25) is 0 Å². The van der Waals surface area contributed by atoms with Crippen LogP contribution in [-0.4, -0.2) is 43.3 Å². The Hall–Kier alpha value is -2.47. The molecule has 31 heavy (non-hydrogen) atoms. The maximum absolute atomic E-state index is 9.89. The number of benzene rings is 2. The molecule has 1 aliphatic carbocycles. The first kappa shape index (κ1) is 21.7. The number of nitrogens with zero attached hydrogens (tertiary/aromatic N) is 2. The number of ether oxygens (including phenoxy) is 1. The van der Waals surface area contributed by atoms with Gasteiger partial charge in [0.15, 0.2) is 0 Å². The lowest BCUT2D eigenvalue weighted by atomic mass is 9.77. The van der Waals surface area contributed by atoms with Gasteiger partial charge in [-0.1, -0.05) is 73.8 Å². The highest BCUT2D eigenvalue weighted by molar-refractivity contribution is 6.69. The Balaban J connectivity index is 1.42. The first-order valence-electron chi connectivity index (χ1n) is 10.9. The van der Waals surface area contributed by atoms with E-state index in [2.05, 4.69) is 83.3 Å². The molecule has 161 valence electrons. The number of rotatable bonds is 8. The third-order valence-corrected chi connectivity index (χ3v) is 7.51. The summed E-state index contributed by atoms with van der Waals surface area (Å²) in [5.41, 5.74) is 6.08. The summed E-state index contributed by atoms with van der Waals surface area (Å²) in [6.45, 7) is 4.50. The zero-order chi connectivity index (χ0) is 21.8. The van der Waals surface area contributed by atoms with E-state index in [0.717, 1.165) is 23.9 Å². The number of hydrogen-bond donors (Lipinski definition) is 1. The zero-order valence-electron chi connectivity index (χ0n) is 18.5. The van der Waals surface area contributed by atoms with Crippen molar-refractivity contribution in [2.24, 2.45) is 0 Å². The third-order valence-electron chi connectivity index (χ3n) is 6.23. The minimum Gasteiger partial charge on any atom is -0.394 e. The molecule has 4 rings (SSSR count). The van der Waals surface area contributed by atoms with E-state index >= 15 is 0 Å². The molecule has 3 aromatic rings. The molecule has 0 amide bonds. The molecule has 2 aromatic carbocycles. The van der Waals surface area contributed by atoms with Gasteiger partial charge in [0.1, 0.15) is 8.80 Å². The van der Waals surface area contributed by atoms with Crippen LogP contribution in [-0.2, 0) is 4.74 Å². The van der Waals surface area contributed by atoms with E-state index in [1.165, 1.54) is 16.7 Å². The predicted octanol–water partition coefficient (Wildman–Crippen LogP) is 4.65. The number of aromatic nitrogens is 2. The number of hydrogen-bond acceptors (Lipinski definition) is 3. The Labute approximate surface area is 186 Å². The molecule has 1 N–H and O–H groups in total. The predicted molar refractivity (Wildman–Crippen MR) is 129 cm³/mol. The highest BCUT2D eigenvalue weighted by Crippen LogP contribution is 2.38. The summed E-state index contributed by atoms with van der Waals surface area (Å²) < 4.78 is 7.49. The monoisotopic (exact) mass is 431 g/mol. The van der Waals surface area contributed by atoms with E-state index in [-0.39, 0.29) is 12.6 Å². The lowest BCUT2D eigenvalue weighted by molar-refractivity contribution is 0.0258. The fraction of sp³-hybridized carbons (Fsp3) is 0.346. The second-order valence-electron chi connectivity index (χ2n) is 8.54. The van der Waals surface area contributed by atoms with Crippen molar-refractivity contribution in [3.63, 3.8) is 0 Å². The number of imidazole rings is 1. The smallest absolute Gasteiger partial charge is 0.127 e. The van der Waals surface area contributed by atoms with Gasteiger partial charge in [-0.15, -0.1) is 0 Å².